The Hall–Kier alpha value is -3.38. The second-order valence-corrected chi connectivity index (χ2v) is 6.63. The van der Waals surface area contributed by atoms with Crippen LogP contribution in [-0.4, -0.2) is 44.3 Å². The van der Waals surface area contributed by atoms with Crippen LogP contribution in [0.25, 0.3) is 0 Å². The first-order valence-electron chi connectivity index (χ1n) is 9.51. The van der Waals surface area contributed by atoms with Crippen molar-refractivity contribution in [2.24, 2.45) is 0 Å². The second-order valence-electron chi connectivity index (χ2n) is 6.63. The van der Waals surface area contributed by atoms with Crippen LogP contribution in [0.5, 0.6) is 0 Å². The van der Waals surface area contributed by atoms with Crippen LogP contribution in [0.1, 0.15) is 45.3 Å². The molecular weight excluding hydrogens is 366 g/mol. The van der Waals surface area contributed by atoms with Crippen molar-refractivity contribution in [3.8, 4) is 0 Å². The van der Waals surface area contributed by atoms with Crippen LogP contribution < -0.4 is 0 Å². The maximum Gasteiger partial charge on any atom is 0.273 e. The molecule has 2 aromatic heterocycles. The zero-order valence-electron chi connectivity index (χ0n) is 16.2. The van der Waals surface area contributed by atoms with Crippen molar-refractivity contribution in [2.45, 2.75) is 25.9 Å². The van der Waals surface area contributed by atoms with Gasteiger partial charge in [-0.25, -0.2) is 0 Å². The number of amides is 1. The lowest BCUT2D eigenvalue weighted by Gasteiger charge is -2.30. The molecule has 0 saturated carbocycles. The molecule has 1 amide bonds. The molecule has 1 N–H and O–H groups in total. The minimum atomic E-state index is -0.399. The fraction of sp³-hybridized carbons (Fsp3) is 0.217. The lowest BCUT2D eigenvalue weighted by atomic mass is 10.0. The van der Waals surface area contributed by atoms with E-state index in [9.17, 15) is 14.7 Å². The third-order valence-corrected chi connectivity index (χ3v) is 4.75. The average Bonchev–Trinajstić information content (AvgIpc) is 2.79. The van der Waals surface area contributed by atoms with Gasteiger partial charge < -0.3 is 10.0 Å². The number of carbonyl (C=O) groups excluding carboxylic acids is 2. The number of ketones is 1. The average molecular weight is 389 g/mol. The molecule has 2 heterocycles. The highest BCUT2D eigenvalue weighted by Gasteiger charge is 2.28. The van der Waals surface area contributed by atoms with Crippen LogP contribution in [0, 0.1) is 0 Å². The highest BCUT2D eigenvalue weighted by atomic mass is 16.3. The fourth-order valence-electron chi connectivity index (χ4n) is 3.14. The lowest BCUT2D eigenvalue weighted by Crippen LogP contribution is -2.42. The van der Waals surface area contributed by atoms with Crippen molar-refractivity contribution in [3.05, 3.63) is 95.6 Å². The van der Waals surface area contributed by atoms with Gasteiger partial charge in [0, 0.05) is 30.7 Å². The van der Waals surface area contributed by atoms with Crippen LogP contribution in [-0.2, 0) is 6.54 Å². The number of hydrogen-bond donors (Lipinski definition) is 1. The quantitative estimate of drug-likeness (QED) is 0.599. The van der Waals surface area contributed by atoms with Crippen molar-refractivity contribution in [3.63, 3.8) is 0 Å². The summed E-state index contributed by atoms with van der Waals surface area (Å²) in [5.41, 5.74) is 1.65. The van der Waals surface area contributed by atoms with Crippen LogP contribution >= 0.6 is 0 Å². The molecule has 6 heteroatoms. The summed E-state index contributed by atoms with van der Waals surface area (Å²) in [7, 11) is 0. The fourth-order valence-corrected chi connectivity index (χ4v) is 3.14. The summed E-state index contributed by atoms with van der Waals surface area (Å²) in [5, 5.41) is 9.83. The number of aromatic nitrogens is 2. The van der Waals surface area contributed by atoms with Crippen molar-refractivity contribution < 1.29 is 14.7 Å². The predicted molar refractivity (Wildman–Crippen MR) is 109 cm³/mol. The molecule has 0 unspecified atom stereocenters. The molecule has 0 aliphatic rings. The summed E-state index contributed by atoms with van der Waals surface area (Å²) in [4.78, 5) is 36.3. The summed E-state index contributed by atoms with van der Waals surface area (Å²) >= 11 is 0. The van der Waals surface area contributed by atoms with E-state index in [0.29, 0.717) is 12.0 Å². The number of carbonyl (C=O) groups is 2. The van der Waals surface area contributed by atoms with E-state index in [-0.39, 0.29) is 30.2 Å². The van der Waals surface area contributed by atoms with Crippen molar-refractivity contribution in [2.75, 3.05) is 6.61 Å². The SMILES string of the molecule is CC[C@@H](CO)N(Cc1cccnc1)C(=O)c1ncccc1C(=O)c1ccccc1. The molecule has 3 rings (SSSR count). The molecule has 0 aliphatic heterocycles. The summed E-state index contributed by atoms with van der Waals surface area (Å²) in [6, 6.07) is 15.3. The number of nitrogens with zero attached hydrogens (tertiary/aromatic N) is 3. The van der Waals surface area contributed by atoms with Gasteiger partial charge in [0.25, 0.3) is 5.91 Å². The zero-order chi connectivity index (χ0) is 20.6. The Bertz CT molecular complexity index is 957. The normalized spacial score (nSPS) is 11.7. The molecule has 1 aromatic carbocycles. The minimum absolute atomic E-state index is 0.0807. The lowest BCUT2D eigenvalue weighted by molar-refractivity contribution is 0.0555. The van der Waals surface area contributed by atoms with E-state index in [2.05, 4.69) is 9.97 Å². The van der Waals surface area contributed by atoms with E-state index in [1.54, 1.807) is 59.8 Å². The van der Waals surface area contributed by atoms with Gasteiger partial charge in [-0.05, 0) is 30.2 Å². The largest absolute Gasteiger partial charge is 0.394 e. The van der Waals surface area contributed by atoms with Crippen LogP contribution in [0.4, 0.5) is 0 Å². The van der Waals surface area contributed by atoms with Gasteiger partial charge in [-0.15, -0.1) is 0 Å². The maximum absolute atomic E-state index is 13.4. The van der Waals surface area contributed by atoms with Crippen LogP contribution in [0.15, 0.2) is 73.2 Å². The van der Waals surface area contributed by atoms with Gasteiger partial charge >= 0.3 is 0 Å². The Kier molecular flexibility index (Phi) is 6.81. The van der Waals surface area contributed by atoms with Gasteiger partial charge in [-0.1, -0.05) is 43.3 Å². The van der Waals surface area contributed by atoms with E-state index in [1.165, 1.54) is 6.20 Å². The van der Waals surface area contributed by atoms with Crippen LogP contribution in [0.3, 0.4) is 0 Å². The summed E-state index contributed by atoms with van der Waals surface area (Å²) in [6.07, 6.45) is 5.40. The highest BCUT2D eigenvalue weighted by molar-refractivity contribution is 6.14. The Balaban J connectivity index is 1.99. The Labute approximate surface area is 169 Å². The molecule has 3 aromatic rings. The maximum atomic E-state index is 13.4. The molecule has 0 radical (unpaired) electrons. The number of pyridine rings is 2. The topological polar surface area (TPSA) is 83.4 Å². The molecule has 1 atom stereocenters. The molecule has 0 saturated heterocycles. The van der Waals surface area contributed by atoms with E-state index < -0.39 is 11.9 Å². The second kappa shape index (κ2) is 9.71. The van der Waals surface area contributed by atoms with Crippen molar-refractivity contribution in [1.29, 1.82) is 0 Å². The Morgan fingerprint density at radius 3 is 2.45 bits per heavy atom. The summed E-state index contributed by atoms with van der Waals surface area (Å²) in [6.45, 7) is 1.98. The standard InChI is InChI=1S/C23H23N3O3/c1-2-19(16-27)26(15-17-8-6-12-24-14-17)23(29)21-20(11-7-13-25-21)22(28)18-9-4-3-5-10-18/h3-14,19,27H,2,15-16H2,1H3/t19-/m0/s1. The van der Waals surface area contributed by atoms with E-state index in [1.807, 2.05) is 19.1 Å². The third kappa shape index (κ3) is 4.73. The van der Waals surface area contributed by atoms with Gasteiger partial charge in [0.2, 0.25) is 0 Å². The van der Waals surface area contributed by atoms with Crippen molar-refractivity contribution >= 4 is 11.7 Å². The third-order valence-electron chi connectivity index (χ3n) is 4.75. The smallest absolute Gasteiger partial charge is 0.273 e. The first-order valence-corrected chi connectivity index (χ1v) is 9.51. The molecule has 148 valence electrons. The molecule has 6 nitrogen and oxygen atoms in total. The number of aliphatic hydroxyl groups excluding tert-OH is 1. The van der Waals surface area contributed by atoms with Crippen molar-refractivity contribution in [1.82, 2.24) is 14.9 Å². The molecule has 0 aliphatic carbocycles. The first kappa shape index (κ1) is 20.4. The van der Waals surface area contributed by atoms with Gasteiger partial charge in [-0.2, -0.15) is 0 Å². The molecular formula is C23H23N3O3. The number of rotatable bonds is 8. The minimum Gasteiger partial charge on any atom is -0.394 e. The highest BCUT2D eigenvalue weighted by Crippen LogP contribution is 2.19. The summed E-state index contributed by atoms with van der Waals surface area (Å²) < 4.78 is 0. The van der Waals surface area contributed by atoms with Gasteiger partial charge in [-0.3, -0.25) is 19.6 Å². The van der Waals surface area contributed by atoms with Gasteiger partial charge in [0.05, 0.1) is 18.2 Å². The molecule has 0 spiro atoms. The summed E-state index contributed by atoms with van der Waals surface area (Å²) in [5.74, 6) is -0.657. The zero-order valence-corrected chi connectivity index (χ0v) is 16.2. The number of benzene rings is 1. The Morgan fingerprint density at radius 2 is 1.79 bits per heavy atom. The number of hydrogen-bond acceptors (Lipinski definition) is 5. The molecule has 29 heavy (non-hydrogen) atoms. The molecule has 0 bridgehead atoms. The van der Waals surface area contributed by atoms with Gasteiger partial charge in [0.15, 0.2) is 5.78 Å². The first-order chi connectivity index (χ1) is 14.2. The Morgan fingerprint density at radius 1 is 1.03 bits per heavy atom. The van der Waals surface area contributed by atoms with Crippen LogP contribution in [0.2, 0.25) is 0 Å². The van der Waals surface area contributed by atoms with E-state index in [0.717, 1.165) is 5.56 Å². The van der Waals surface area contributed by atoms with E-state index >= 15 is 0 Å². The number of aliphatic hydroxyl groups is 1. The predicted octanol–water partition coefficient (Wildman–Crippen LogP) is 3.12. The monoisotopic (exact) mass is 389 g/mol. The van der Waals surface area contributed by atoms with E-state index in [4.69, 9.17) is 0 Å². The molecule has 0 fully saturated rings. The van der Waals surface area contributed by atoms with Gasteiger partial charge in [0.1, 0.15) is 5.69 Å².